The third-order valence-electron chi connectivity index (χ3n) is 5.76. The van der Waals surface area contributed by atoms with E-state index in [1.165, 1.54) is 17.3 Å². The maximum atomic E-state index is 13.3. The average molecular weight is 432 g/mol. The van der Waals surface area contributed by atoms with E-state index >= 15 is 0 Å². The lowest BCUT2D eigenvalue weighted by molar-refractivity contribution is 0.102. The van der Waals surface area contributed by atoms with Crippen molar-refractivity contribution in [3.8, 4) is 5.69 Å². The van der Waals surface area contributed by atoms with Crippen LogP contribution >= 0.6 is 11.8 Å². The number of aromatic nitrogens is 3. The van der Waals surface area contributed by atoms with Crippen LogP contribution in [0.5, 0.6) is 0 Å². The van der Waals surface area contributed by atoms with E-state index in [-0.39, 0.29) is 17.1 Å². The average Bonchev–Trinajstić information content (AvgIpc) is 3.05. The van der Waals surface area contributed by atoms with E-state index in [0.717, 1.165) is 29.1 Å². The number of Topliss-reactive ketones (excluding diaryl/α,β-unsaturated/α-hetero) is 1. The third kappa shape index (κ3) is 3.95. The topological polar surface area (TPSA) is 56.9 Å². The summed E-state index contributed by atoms with van der Waals surface area (Å²) in [5.74, 6) is 0.240. The van der Waals surface area contributed by atoms with Crippen LogP contribution < -0.4 is 5.56 Å². The molecular weight excluding hydrogens is 406 g/mol. The van der Waals surface area contributed by atoms with Crippen molar-refractivity contribution in [2.45, 2.75) is 32.3 Å². The van der Waals surface area contributed by atoms with Gasteiger partial charge in [-0.25, -0.2) is 4.98 Å². The van der Waals surface area contributed by atoms with Crippen molar-refractivity contribution in [3.05, 3.63) is 87.5 Å². The molecule has 0 fully saturated rings. The lowest BCUT2D eigenvalue weighted by Gasteiger charge is -2.13. The fourth-order valence-electron chi connectivity index (χ4n) is 3.66. The van der Waals surface area contributed by atoms with Gasteiger partial charge >= 0.3 is 0 Å². The van der Waals surface area contributed by atoms with Crippen LogP contribution in [0.3, 0.4) is 0 Å². The number of ketones is 1. The van der Waals surface area contributed by atoms with Crippen LogP contribution in [0.2, 0.25) is 0 Å². The van der Waals surface area contributed by atoms with Crippen LogP contribution in [0.4, 0.5) is 0 Å². The summed E-state index contributed by atoms with van der Waals surface area (Å²) in [6.45, 7) is 6.03. The summed E-state index contributed by atoms with van der Waals surface area (Å²) in [5.41, 5.74) is 5.17. The van der Waals surface area contributed by atoms with E-state index < -0.39 is 0 Å². The quantitative estimate of drug-likeness (QED) is 0.248. The number of carbonyl (C=O) groups is 1. The van der Waals surface area contributed by atoms with Crippen molar-refractivity contribution in [1.82, 2.24) is 14.1 Å². The zero-order chi connectivity index (χ0) is 22.1. The van der Waals surface area contributed by atoms with Gasteiger partial charge in [-0.3, -0.25) is 14.2 Å². The Hall–Kier alpha value is -3.12. The highest BCUT2D eigenvalue weighted by molar-refractivity contribution is 7.99. The second-order valence-corrected chi connectivity index (χ2v) is 8.57. The number of hydrogen-bond donors (Lipinski definition) is 0. The molecule has 158 valence electrons. The molecule has 4 rings (SSSR count). The largest absolute Gasteiger partial charge is 0.351 e. The van der Waals surface area contributed by atoms with Gasteiger partial charge in [-0.15, -0.1) is 0 Å². The maximum Gasteiger partial charge on any atom is 0.266 e. The second-order valence-electron chi connectivity index (χ2n) is 7.63. The highest BCUT2D eigenvalue weighted by Crippen LogP contribution is 2.24. The number of carbonyl (C=O) groups excluding carboxylic acids is 1. The molecule has 0 atom stereocenters. The number of benzene rings is 2. The van der Waals surface area contributed by atoms with E-state index in [9.17, 15) is 9.59 Å². The van der Waals surface area contributed by atoms with Gasteiger partial charge in [0, 0.05) is 24.0 Å². The summed E-state index contributed by atoms with van der Waals surface area (Å²) in [5, 5.41) is 1.08. The molecule has 5 nitrogen and oxygen atoms in total. The first-order valence-electron chi connectivity index (χ1n) is 10.3. The zero-order valence-electron chi connectivity index (χ0n) is 18.2. The molecule has 2 aromatic carbocycles. The van der Waals surface area contributed by atoms with Crippen molar-refractivity contribution in [1.29, 1.82) is 0 Å². The number of nitrogens with zero attached hydrogens (tertiary/aromatic N) is 3. The predicted octanol–water partition coefficient (Wildman–Crippen LogP) is 4.88. The first-order chi connectivity index (χ1) is 14.9. The Bertz CT molecular complexity index is 1330. The number of fused-ring (bicyclic) bond motifs is 1. The number of aryl methyl sites for hydroxylation is 2. The molecule has 31 heavy (non-hydrogen) atoms. The molecule has 0 bridgehead atoms. The Kier molecular flexibility index (Phi) is 5.83. The van der Waals surface area contributed by atoms with Crippen LogP contribution in [0.25, 0.3) is 16.6 Å². The fourth-order valence-corrected chi connectivity index (χ4v) is 4.56. The van der Waals surface area contributed by atoms with Gasteiger partial charge in [0.25, 0.3) is 5.56 Å². The number of hydrogen-bond acceptors (Lipinski definition) is 4. The van der Waals surface area contributed by atoms with Crippen LogP contribution in [-0.4, -0.2) is 25.7 Å². The van der Waals surface area contributed by atoms with E-state index in [1.54, 1.807) is 10.6 Å². The molecule has 0 amide bonds. The van der Waals surface area contributed by atoms with Gasteiger partial charge in [-0.05, 0) is 56.2 Å². The summed E-state index contributed by atoms with van der Waals surface area (Å²) in [6, 6.07) is 17.2. The minimum Gasteiger partial charge on any atom is -0.351 e. The molecule has 2 aromatic heterocycles. The molecule has 0 radical (unpaired) electrons. The molecule has 0 aliphatic heterocycles. The summed E-state index contributed by atoms with van der Waals surface area (Å²) < 4.78 is 3.63. The molecule has 0 spiro atoms. The van der Waals surface area contributed by atoms with Crippen LogP contribution in [0.1, 0.15) is 34.2 Å². The van der Waals surface area contributed by atoms with Crippen molar-refractivity contribution >= 4 is 28.4 Å². The van der Waals surface area contributed by atoms with Crippen LogP contribution in [0.15, 0.2) is 64.5 Å². The number of rotatable bonds is 6. The molecule has 0 N–H and O–H groups in total. The normalized spacial score (nSPS) is 11.2. The van der Waals surface area contributed by atoms with Crippen molar-refractivity contribution in [3.63, 3.8) is 0 Å². The highest BCUT2D eigenvalue weighted by Gasteiger charge is 2.18. The van der Waals surface area contributed by atoms with Gasteiger partial charge in [-0.2, -0.15) is 0 Å². The van der Waals surface area contributed by atoms with Gasteiger partial charge in [0.1, 0.15) is 0 Å². The zero-order valence-corrected chi connectivity index (χ0v) is 19.0. The highest BCUT2D eigenvalue weighted by atomic mass is 32.2. The first kappa shape index (κ1) is 21.1. The molecule has 0 saturated carbocycles. The molecule has 0 aliphatic rings. The fraction of sp³-hybridized carbons (Fsp3) is 0.240. The Morgan fingerprint density at radius 2 is 1.77 bits per heavy atom. The predicted molar refractivity (Wildman–Crippen MR) is 127 cm³/mol. The Labute approximate surface area is 185 Å². The van der Waals surface area contributed by atoms with E-state index in [4.69, 9.17) is 4.98 Å². The van der Waals surface area contributed by atoms with Crippen molar-refractivity contribution in [2.24, 2.45) is 7.05 Å². The molecule has 6 heteroatoms. The standard InChI is InChI=1S/C25H25N3O2S/c1-5-18-10-12-19(13-11-18)28-24(30)20-8-6-7-9-22(20)26-25(28)31-15-23(29)21-14-16(2)27(4)17(21)3/h6-14H,5,15H2,1-4H3. The molecule has 0 saturated heterocycles. The number of thioether (sulfide) groups is 1. The van der Waals surface area contributed by atoms with E-state index in [0.29, 0.717) is 16.1 Å². The lowest BCUT2D eigenvalue weighted by atomic mass is 10.1. The van der Waals surface area contributed by atoms with Crippen molar-refractivity contribution < 1.29 is 4.79 Å². The Morgan fingerprint density at radius 1 is 1.06 bits per heavy atom. The van der Waals surface area contributed by atoms with Gasteiger partial charge in [0.05, 0.1) is 22.3 Å². The van der Waals surface area contributed by atoms with Gasteiger partial charge < -0.3 is 4.57 Å². The Balaban J connectivity index is 1.76. The van der Waals surface area contributed by atoms with E-state index in [2.05, 4.69) is 6.92 Å². The SMILES string of the molecule is CCc1ccc(-n2c(SCC(=O)c3cc(C)n(C)c3C)nc3ccccc3c2=O)cc1. The van der Waals surface area contributed by atoms with Crippen molar-refractivity contribution in [2.75, 3.05) is 5.75 Å². The molecule has 0 unspecified atom stereocenters. The third-order valence-corrected chi connectivity index (χ3v) is 6.69. The van der Waals surface area contributed by atoms with E-state index in [1.807, 2.05) is 74.0 Å². The summed E-state index contributed by atoms with van der Waals surface area (Å²) in [7, 11) is 1.96. The van der Waals surface area contributed by atoms with Crippen LogP contribution in [0, 0.1) is 13.8 Å². The molecule has 2 heterocycles. The molecule has 0 aliphatic carbocycles. The van der Waals surface area contributed by atoms with Gasteiger partial charge in [0.2, 0.25) is 0 Å². The van der Waals surface area contributed by atoms with Gasteiger partial charge in [-0.1, -0.05) is 43.0 Å². The lowest BCUT2D eigenvalue weighted by Crippen LogP contribution is -2.22. The Morgan fingerprint density at radius 3 is 2.42 bits per heavy atom. The summed E-state index contributed by atoms with van der Waals surface area (Å²) in [4.78, 5) is 31.0. The van der Waals surface area contributed by atoms with Gasteiger partial charge in [0.15, 0.2) is 10.9 Å². The smallest absolute Gasteiger partial charge is 0.266 e. The first-order valence-corrected chi connectivity index (χ1v) is 11.3. The van der Waals surface area contributed by atoms with Crippen LogP contribution in [-0.2, 0) is 13.5 Å². The molecule has 4 aromatic rings. The minimum atomic E-state index is -0.128. The monoisotopic (exact) mass is 431 g/mol. The maximum absolute atomic E-state index is 13.3. The summed E-state index contributed by atoms with van der Waals surface area (Å²) >= 11 is 1.30. The molecular formula is C25H25N3O2S. The minimum absolute atomic E-state index is 0.0292. The number of para-hydroxylation sites is 1. The summed E-state index contributed by atoms with van der Waals surface area (Å²) in [6.07, 6.45) is 0.928. The second kappa shape index (κ2) is 8.55.